The summed E-state index contributed by atoms with van der Waals surface area (Å²) in [6.45, 7) is 3.74. The Hall–Kier alpha value is -1.55. The van der Waals surface area contributed by atoms with Gasteiger partial charge in [-0.2, -0.15) is 0 Å². The van der Waals surface area contributed by atoms with Gasteiger partial charge in [-0.05, 0) is 37.1 Å². The van der Waals surface area contributed by atoms with Gasteiger partial charge in [0.2, 0.25) is 0 Å². The quantitative estimate of drug-likeness (QED) is 0.803. The molecule has 1 saturated carbocycles. The number of nitrogens with zero attached hydrogens (tertiary/aromatic N) is 2. The zero-order chi connectivity index (χ0) is 16.1. The first-order valence-electron chi connectivity index (χ1n) is 8.95. The van der Waals surface area contributed by atoms with Gasteiger partial charge in [-0.15, -0.1) is 0 Å². The molecule has 0 bridgehead atoms. The van der Waals surface area contributed by atoms with Gasteiger partial charge in [0, 0.05) is 37.8 Å². The van der Waals surface area contributed by atoms with E-state index in [0.717, 1.165) is 43.5 Å². The van der Waals surface area contributed by atoms with Crippen molar-refractivity contribution >= 4 is 5.91 Å². The van der Waals surface area contributed by atoms with E-state index in [2.05, 4.69) is 4.90 Å². The topological polar surface area (TPSA) is 32.8 Å². The van der Waals surface area contributed by atoms with Crippen LogP contribution in [-0.4, -0.2) is 55.0 Å². The molecule has 126 valence electrons. The Morgan fingerprint density at radius 2 is 1.57 bits per heavy atom. The Morgan fingerprint density at radius 3 is 2.13 bits per heavy atom. The fourth-order valence-electron chi connectivity index (χ4n) is 3.83. The molecule has 4 nitrogen and oxygen atoms in total. The molecule has 0 aromatic heterocycles. The van der Waals surface area contributed by atoms with Crippen LogP contribution in [0.4, 0.5) is 0 Å². The summed E-state index contributed by atoms with van der Waals surface area (Å²) in [5.74, 6) is 0.938. The lowest BCUT2D eigenvalue weighted by atomic mass is 10.1. The van der Waals surface area contributed by atoms with Crippen molar-refractivity contribution in [2.45, 2.75) is 44.6 Å². The summed E-state index contributed by atoms with van der Waals surface area (Å²) < 4.78 is 5.15. The van der Waals surface area contributed by atoms with Crippen LogP contribution in [0.15, 0.2) is 24.3 Å². The number of rotatable bonds is 3. The number of amides is 1. The lowest BCUT2D eigenvalue weighted by Crippen LogP contribution is -2.51. The minimum atomic E-state index is 0.146. The SMILES string of the molecule is COc1ccc(C(=O)N2CCN(C3CCCCCC3)CC2)cc1. The number of carbonyl (C=O) groups is 1. The Morgan fingerprint density at radius 1 is 0.957 bits per heavy atom. The molecule has 1 amide bonds. The van der Waals surface area contributed by atoms with Crippen molar-refractivity contribution in [3.05, 3.63) is 29.8 Å². The molecule has 0 N–H and O–H groups in total. The Kier molecular flexibility index (Phi) is 5.55. The van der Waals surface area contributed by atoms with Crippen molar-refractivity contribution in [3.8, 4) is 5.75 Å². The first-order chi connectivity index (χ1) is 11.3. The molecule has 2 fully saturated rings. The fraction of sp³-hybridized carbons (Fsp3) is 0.632. The van der Waals surface area contributed by atoms with Gasteiger partial charge >= 0.3 is 0 Å². The third kappa shape index (κ3) is 4.05. The lowest BCUT2D eigenvalue weighted by molar-refractivity contribution is 0.0551. The van der Waals surface area contributed by atoms with Crippen LogP contribution in [-0.2, 0) is 0 Å². The van der Waals surface area contributed by atoms with Crippen molar-refractivity contribution in [2.75, 3.05) is 33.3 Å². The maximum Gasteiger partial charge on any atom is 0.253 e. The van der Waals surface area contributed by atoms with Crippen LogP contribution < -0.4 is 4.74 Å². The van der Waals surface area contributed by atoms with Crippen molar-refractivity contribution < 1.29 is 9.53 Å². The molecule has 1 aromatic carbocycles. The van der Waals surface area contributed by atoms with Gasteiger partial charge in [0.05, 0.1) is 7.11 Å². The van der Waals surface area contributed by atoms with Gasteiger partial charge in [-0.3, -0.25) is 9.69 Å². The second-order valence-electron chi connectivity index (χ2n) is 6.70. The highest BCUT2D eigenvalue weighted by molar-refractivity contribution is 5.94. The number of benzene rings is 1. The Labute approximate surface area is 139 Å². The molecule has 4 heteroatoms. The summed E-state index contributed by atoms with van der Waals surface area (Å²) >= 11 is 0. The number of hydrogen-bond donors (Lipinski definition) is 0. The molecule has 0 radical (unpaired) electrons. The summed E-state index contributed by atoms with van der Waals surface area (Å²) in [6, 6.07) is 8.18. The van der Waals surface area contributed by atoms with Crippen molar-refractivity contribution in [3.63, 3.8) is 0 Å². The van der Waals surface area contributed by atoms with E-state index in [-0.39, 0.29) is 5.91 Å². The number of methoxy groups -OCH3 is 1. The molecule has 1 saturated heterocycles. The second kappa shape index (κ2) is 7.82. The second-order valence-corrected chi connectivity index (χ2v) is 6.70. The normalized spacial score (nSPS) is 21.0. The minimum Gasteiger partial charge on any atom is -0.497 e. The highest BCUT2D eigenvalue weighted by Crippen LogP contribution is 2.23. The molecule has 0 atom stereocenters. The molecule has 23 heavy (non-hydrogen) atoms. The zero-order valence-electron chi connectivity index (χ0n) is 14.2. The maximum absolute atomic E-state index is 12.6. The highest BCUT2D eigenvalue weighted by atomic mass is 16.5. The van der Waals surface area contributed by atoms with Gasteiger partial charge in [0.1, 0.15) is 5.75 Å². The minimum absolute atomic E-state index is 0.146. The number of ether oxygens (including phenoxy) is 1. The van der Waals surface area contributed by atoms with E-state index in [0.29, 0.717) is 0 Å². The lowest BCUT2D eigenvalue weighted by Gasteiger charge is -2.39. The molecule has 0 unspecified atom stereocenters. The maximum atomic E-state index is 12.6. The van der Waals surface area contributed by atoms with Crippen LogP contribution in [0.3, 0.4) is 0 Å². The molecular formula is C19H28N2O2. The molecule has 1 heterocycles. The average molecular weight is 316 g/mol. The number of piperazine rings is 1. The van der Waals surface area contributed by atoms with Crippen LogP contribution in [0.5, 0.6) is 5.75 Å². The van der Waals surface area contributed by atoms with E-state index in [1.165, 1.54) is 38.5 Å². The van der Waals surface area contributed by atoms with Crippen molar-refractivity contribution in [1.82, 2.24) is 9.80 Å². The summed E-state index contributed by atoms with van der Waals surface area (Å²) in [6.07, 6.45) is 8.21. The standard InChI is InChI=1S/C19H28N2O2/c1-23-18-10-8-16(9-11-18)19(22)21-14-12-20(13-15-21)17-6-4-2-3-5-7-17/h8-11,17H,2-7,12-15H2,1H3. The third-order valence-corrected chi connectivity index (χ3v) is 5.28. The number of hydrogen-bond acceptors (Lipinski definition) is 3. The highest BCUT2D eigenvalue weighted by Gasteiger charge is 2.26. The van der Waals surface area contributed by atoms with E-state index >= 15 is 0 Å². The number of carbonyl (C=O) groups excluding carboxylic acids is 1. The predicted octanol–water partition coefficient (Wildman–Crippen LogP) is 3.18. The molecule has 1 aromatic rings. The first kappa shape index (κ1) is 16.3. The fourth-order valence-corrected chi connectivity index (χ4v) is 3.83. The van der Waals surface area contributed by atoms with Gasteiger partial charge in [-0.25, -0.2) is 0 Å². The molecule has 1 aliphatic carbocycles. The van der Waals surface area contributed by atoms with E-state index < -0.39 is 0 Å². The summed E-state index contributed by atoms with van der Waals surface area (Å²) in [5.41, 5.74) is 0.758. The van der Waals surface area contributed by atoms with E-state index in [1.54, 1.807) is 7.11 Å². The predicted molar refractivity (Wildman–Crippen MR) is 92.0 cm³/mol. The third-order valence-electron chi connectivity index (χ3n) is 5.28. The molecule has 3 rings (SSSR count). The van der Waals surface area contributed by atoms with E-state index in [1.807, 2.05) is 29.2 Å². The zero-order valence-corrected chi connectivity index (χ0v) is 14.2. The largest absolute Gasteiger partial charge is 0.497 e. The van der Waals surface area contributed by atoms with Crippen LogP contribution in [0.1, 0.15) is 48.9 Å². The smallest absolute Gasteiger partial charge is 0.253 e. The summed E-state index contributed by atoms with van der Waals surface area (Å²) in [7, 11) is 1.64. The summed E-state index contributed by atoms with van der Waals surface area (Å²) in [4.78, 5) is 17.2. The van der Waals surface area contributed by atoms with Gasteiger partial charge in [-0.1, -0.05) is 25.7 Å². The van der Waals surface area contributed by atoms with E-state index in [4.69, 9.17) is 4.74 Å². The molecular weight excluding hydrogens is 288 g/mol. The Bertz CT molecular complexity index is 499. The van der Waals surface area contributed by atoms with Gasteiger partial charge in [0.25, 0.3) is 5.91 Å². The average Bonchev–Trinajstić information content (AvgIpc) is 2.91. The van der Waals surface area contributed by atoms with Gasteiger partial charge < -0.3 is 9.64 Å². The summed E-state index contributed by atoms with van der Waals surface area (Å²) in [5, 5.41) is 0. The van der Waals surface area contributed by atoms with Crippen molar-refractivity contribution in [2.24, 2.45) is 0 Å². The Balaban J connectivity index is 1.54. The molecule has 0 spiro atoms. The molecule has 1 aliphatic heterocycles. The monoisotopic (exact) mass is 316 g/mol. The van der Waals surface area contributed by atoms with Crippen LogP contribution >= 0.6 is 0 Å². The van der Waals surface area contributed by atoms with Crippen molar-refractivity contribution in [1.29, 1.82) is 0 Å². The van der Waals surface area contributed by atoms with E-state index in [9.17, 15) is 4.79 Å². The van der Waals surface area contributed by atoms with Gasteiger partial charge in [0.15, 0.2) is 0 Å². The molecule has 2 aliphatic rings. The van der Waals surface area contributed by atoms with Crippen LogP contribution in [0.25, 0.3) is 0 Å². The van der Waals surface area contributed by atoms with Crippen LogP contribution in [0, 0.1) is 0 Å². The van der Waals surface area contributed by atoms with Crippen LogP contribution in [0.2, 0.25) is 0 Å². The first-order valence-corrected chi connectivity index (χ1v) is 8.95.